The van der Waals surface area contributed by atoms with E-state index in [-0.39, 0.29) is 5.54 Å². The highest BCUT2D eigenvalue weighted by Crippen LogP contribution is 2.41. The summed E-state index contributed by atoms with van der Waals surface area (Å²) in [6.45, 7) is 7.82. The fourth-order valence-electron chi connectivity index (χ4n) is 3.21. The highest BCUT2D eigenvalue weighted by Gasteiger charge is 2.44. The van der Waals surface area contributed by atoms with Crippen LogP contribution in [0.2, 0.25) is 0 Å². The minimum absolute atomic E-state index is 0.116. The van der Waals surface area contributed by atoms with Crippen molar-refractivity contribution in [3.05, 3.63) is 35.9 Å². The Kier molecular flexibility index (Phi) is 3.73. The van der Waals surface area contributed by atoms with Gasteiger partial charge in [-0.25, -0.2) is 0 Å². The molecule has 0 saturated carbocycles. The number of nitriles is 1. The van der Waals surface area contributed by atoms with Crippen LogP contribution in [0.1, 0.15) is 39.2 Å². The van der Waals surface area contributed by atoms with E-state index in [1.54, 1.807) is 0 Å². The minimum Gasteiger partial charge on any atom is -0.291 e. The molecule has 0 aliphatic carbocycles. The Hall–Kier alpha value is -1.33. The smallest absolute Gasteiger partial charge is 0.0625 e. The normalized spacial score (nSPS) is 27.0. The largest absolute Gasteiger partial charge is 0.291 e. The van der Waals surface area contributed by atoms with Crippen LogP contribution >= 0.6 is 0 Å². The molecule has 1 heterocycles. The molecule has 1 aromatic carbocycles. The number of rotatable bonds is 3. The lowest BCUT2D eigenvalue weighted by molar-refractivity contribution is 0.104. The molecule has 2 unspecified atom stereocenters. The summed E-state index contributed by atoms with van der Waals surface area (Å²) in [5.41, 5.74) is 1.47. The van der Waals surface area contributed by atoms with Gasteiger partial charge in [-0.15, -0.1) is 0 Å². The van der Waals surface area contributed by atoms with Crippen molar-refractivity contribution in [3.8, 4) is 6.07 Å². The molecule has 1 aromatic rings. The second-order valence-electron chi connectivity index (χ2n) is 5.91. The maximum Gasteiger partial charge on any atom is 0.0625 e. The summed E-state index contributed by atoms with van der Waals surface area (Å²) in [5, 5.41) is 8.95. The Bertz CT molecular complexity index is 430. The van der Waals surface area contributed by atoms with Gasteiger partial charge in [-0.3, -0.25) is 4.90 Å². The topological polar surface area (TPSA) is 27.0 Å². The van der Waals surface area contributed by atoms with E-state index in [1.807, 2.05) is 0 Å². The van der Waals surface area contributed by atoms with Gasteiger partial charge in [-0.2, -0.15) is 5.26 Å². The van der Waals surface area contributed by atoms with Gasteiger partial charge < -0.3 is 0 Å². The number of hydrogen-bond acceptors (Lipinski definition) is 2. The molecule has 2 rings (SSSR count). The van der Waals surface area contributed by atoms with Crippen LogP contribution in [0.5, 0.6) is 0 Å². The number of likely N-dealkylation sites (tertiary alicyclic amines) is 1. The number of benzene rings is 1. The van der Waals surface area contributed by atoms with Crippen molar-refractivity contribution < 1.29 is 0 Å². The van der Waals surface area contributed by atoms with Crippen LogP contribution in [0, 0.1) is 17.2 Å². The molecule has 0 radical (unpaired) electrons. The Balaban J connectivity index is 2.15. The molecule has 0 spiro atoms. The van der Waals surface area contributed by atoms with Crippen LogP contribution in [0.25, 0.3) is 0 Å². The van der Waals surface area contributed by atoms with Crippen LogP contribution in [-0.4, -0.2) is 16.5 Å². The predicted molar refractivity (Wildman–Crippen MR) is 73.9 cm³/mol. The van der Waals surface area contributed by atoms with Crippen LogP contribution in [0.15, 0.2) is 30.3 Å². The first-order valence-corrected chi connectivity index (χ1v) is 6.73. The molecular weight excluding hydrogens is 220 g/mol. The summed E-state index contributed by atoms with van der Waals surface area (Å²) in [6.07, 6.45) is 1.80. The van der Waals surface area contributed by atoms with Crippen molar-refractivity contribution in [2.75, 3.05) is 0 Å². The summed E-state index contributed by atoms with van der Waals surface area (Å²) in [5.74, 6) is 0.487. The molecule has 2 nitrogen and oxygen atoms in total. The SMILES string of the molecule is CC1CC(CC#N)C(C)(C)N1Cc1ccccc1. The second kappa shape index (κ2) is 5.12. The fourth-order valence-corrected chi connectivity index (χ4v) is 3.21. The Morgan fingerprint density at radius 3 is 2.61 bits per heavy atom. The summed E-state index contributed by atoms with van der Waals surface area (Å²) >= 11 is 0. The molecule has 96 valence electrons. The molecule has 0 bridgehead atoms. The fraction of sp³-hybridized carbons (Fsp3) is 0.562. The first-order chi connectivity index (χ1) is 8.55. The molecule has 18 heavy (non-hydrogen) atoms. The third-order valence-electron chi connectivity index (χ3n) is 4.43. The highest BCUT2D eigenvalue weighted by atomic mass is 15.2. The Morgan fingerprint density at radius 2 is 2.00 bits per heavy atom. The van der Waals surface area contributed by atoms with E-state index in [4.69, 9.17) is 5.26 Å². The summed E-state index contributed by atoms with van der Waals surface area (Å²) in [7, 11) is 0. The molecule has 2 atom stereocenters. The third-order valence-corrected chi connectivity index (χ3v) is 4.43. The number of nitrogens with zero attached hydrogens (tertiary/aromatic N) is 2. The molecule has 1 saturated heterocycles. The van der Waals surface area contributed by atoms with Gasteiger partial charge in [0, 0.05) is 24.5 Å². The summed E-state index contributed by atoms with van der Waals surface area (Å²) < 4.78 is 0. The van der Waals surface area contributed by atoms with Crippen molar-refractivity contribution in [1.82, 2.24) is 4.90 Å². The molecule has 1 aliphatic heterocycles. The van der Waals surface area contributed by atoms with E-state index in [1.165, 1.54) is 5.56 Å². The monoisotopic (exact) mass is 242 g/mol. The first kappa shape index (κ1) is 13.1. The minimum atomic E-state index is 0.116. The zero-order valence-electron chi connectivity index (χ0n) is 11.6. The van der Waals surface area contributed by atoms with E-state index in [0.717, 1.165) is 13.0 Å². The van der Waals surface area contributed by atoms with Crippen molar-refractivity contribution in [2.24, 2.45) is 5.92 Å². The summed E-state index contributed by atoms with van der Waals surface area (Å²) in [4.78, 5) is 2.55. The average molecular weight is 242 g/mol. The average Bonchev–Trinajstić information content (AvgIpc) is 2.55. The van der Waals surface area contributed by atoms with Gasteiger partial charge >= 0.3 is 0 Å². The van der Waals surface area contributed by atoms with Gasteiger partial charge in [-0.1, -0.05) is 30.3 Å². The predicted octanol–water partition coefficient (Wildman–Crippen LogP) is 3.59. The van der Waals surface area contributed by atoms with Gasteiger partial charge in [0.15, 0.2) is 0 Å². The lowest BCUT2D eigenvalue weighted by atomic mass is 9.86. The lowest BCUT2D eigenvalue weighted by Crippen LogP contribution is -2.44. The zero-order valence-corrected chi connectivity index (χ0v) is 11.6. The van der Waals surface area contributed by atoms with Crippen molar-refractivity contribution in [2.45, 2.75) is 51.7 Å². The van der Waals surface area contributed by atoms with Gasteiger partial charge in [0.1, 0.15) is 0 Å². The lowest BCUT2D eigenvalue weighted by Gasteiger charge is -2.37. The zero-order chi connectivity index (χ0) is 13.2. The second-order valence-corrected chi connectivity index (χ2v) is 5.91. The van der Waals surface area contributed by atoms with Crippen LogP contribution in [0.4, 0.5) is 0 Å². The van der Waals surface area contributed by atoms with E-state index in [9.17, 15) is 0 Å². The maximum absolute atomic E-state index is 8.95. The molecule has 1 fully saturated rings. The molecule has 0 N–H and O–H groups in total. The quantitative estimate of drug-likeness (QED) is 0.810. The molecule has 2 heteroatoms. The highest BCUT2D eigenvalue weighted by molar-refractivity contribution is 5.16. The molecule has 0 aromatic heterocycles. The van der Waals surface area contributed by atoms with Crippen LogP contribution in [-0.2, 0) is 6.54 Å². The Morgan fingerprint density at radius 1 is 1.33 bits per heavy atom. The van der Waals surface area contributed by atoms with Crippen molar-refractivity contribution in [1.29, 1.82) is 5.26 Å². The molecular formula is C16H22N2. The molecule has 1 aliphatic rings. The summed E-state index contributed by atoms with van der Waals surface area (Å²) in [6, 6.07) is 13.5. The van der Waals surface area contributed by atoms with E-state index >= 15 is 0 Å². The Labute approximate surface area is 110 Å². The van der Waals surface area contributed by atoms with Gasteiger partial charge in [-0.05, 0) is 38.7 Å². The van der Waals surface area contributed by atoms with Crippen LogP contribution in [0.3, 0.4) is 0 Å². The van der Waals surface area contributed by atoms with E-state index in [2.05, 4.69) is 62.1 Å². The van der Waals surface area contributed by atoms with Gasteiger partial charge in [0.05, 0.1) is 6.07 Å². The maximum atomic E-state index is 8.95. The van der Waals surface area contributed by atoms with Gasteiger partial charge in [0.25, 0.3) is 0 Å². The van der Waals surface area contributed by atoms with E-state index in [0.29, 0.717) is 18.4 Å². The van der Waals surface area contributed by atoms with Crippen LogP contribution < -0.4 is 0 Å². The van der Waals surface area contributed by atoms with Crippen molar-refractivity contribution >= 4 is 0 Å². The van der Waals surface area contributed by atoms with Crippen molar-refractivity contribution in [3.63, 3.8) is 0 Å². The molecule has 0 amide bonds. The van der Waals surface area contributed by atoms with E-state index < -0.39 is 0 Å². The standard InChI is InChI=1S/C16H22N2/c1-13-11-15(9-10-17)16(2,3)18(13)12-14-7-5-4-6-8-14/h4-8,13,15H,9,11-12H2,1-3H3. The van der Waals surface area contributed by atoms with Gasteiger partial charge in [0.2, 0.25) is 0 Å². The first-order valence-electron chi connectivity index (χ1n) is 6.73. The number of hydrogen-bond donors (Lipinski definition) is 0. The third kappa shape index (κ3) is 2.42.